The number of amides is 1. The van der Waals surface area contributed by atoms with E-state index in [1.165, 1.54) is 16.3 Å². The average molecular weight is 351 g/mol. The van der Waals surface area contributed by atoms with Crippen LogP contribution in [-0.2, 0) is 4.79 Å². The SMILES string of the molecule is CC1=NN(c2nc(-c3ccccc3)cs2)C(=O)C1=Cc1cccs1. The average Bonchev–Trinajstić information content (AvgIpc) is 3.33. The quantitative estimate of drug-likeness (QED) is 0.643. The molecule has 1 aliphatic rings. The first kappa shape index (κ1) is 15.0. The van der Waals surface area contributed by atoms with Gasteiger partial charge in [-0.25, -0.2) is 4.98 Å². The van der Waals surface area contributed by atoms with Gasteiger partial charge in [-0.1, -0.05) is 36.4 Å². The summed E-state index contributed by atoms with van der Waals surface area (Å²) in [4.78, 5) is 18.3. The molecule has 0 fully saturated rings. The first-order valence-corrected chi connectivity index (χ1v) is 9.14. The number of carbonyl (C=O) groups excluding carboxylic acids is 1. The van der Waals surface area contributed by atoms with E-state index in [4.69, 9.17) is 0 Å². The van der Waals surface area contributed by atoms with E-state index in [-0.39, 0.29) is 5.91 Å². The van der Waals surface area contributed by atoms with Crippen LogP contribution in [0.25, 0.3) is 17.3 Å². The summed E-state index contributed by atoms with van der Waals surface area (Å²) in [6.07, 6.45) is 1.89. The van der Waals surface area contributed by atoms with Crippen LogP contribution in [0.4, 0.5) is 5.13 Å². The Balaban J connectivity index is 1.64. The lowest BCUT2D eigenvalue weighted by Crippen LogP contribution is -2.21. The fraction of sp³-hybridized carbons (Fsp3) is 0.0556. The number of hydrogen-bond donors (Lipinski definition) is 0. The minimum atomic E-state index is -0.130. The van der Waals surface area contributed by atoms with Gasteiger partial charge < -0.3 is 0 Å². The Kier molecular flexibility index (Phi) is 3.84. The van der Waals surface area contributed by atoms with Crippen molar-refractivity contribution in [1.82, 2.24) is 4.98 Å². The molecular weight excluding hydrogens is 338 g/mol. The molecular formula is C18H13N3OS2. The normalized spacial score (nSPS) is 16.0. The van der Waals surface area contributed by atoms with Gasteiger partial charge in [0, 0.05) is 15.8 Å². The smallest absolute Gasteiger partial charge is 0.267 e. The van der Waals surface area contributed by atoms with Crippen LogP contribution in [0, 0.1) is 0 Å². The van der Waals surface area contributed by atoms with E-state index in [0.717, 1.165) is 16.1 Å². The third-order valence-corrected chi connectivity index (χ3v) is 5.27. The van der Waals surface area contributed by atoms with Gasteiger partial charge in [0.05, 0.1) is 17.0 Å². The predicted molar refractivity (Wildman–Crippen MR) is 100 cm³/mol. The summed E-state index contributed by atoms with van der Waals surface area (Å²) in [7, 11) is 0. The number of thiazole rings is 1. The van der Waals surface area contributed by atoms with Gasteiger partial charge in [0.25, 0.3) is 5.91 Å². The zero-order chi connectivity index (χ0) is 16.5. The number of carbonyl (C=O) groups is 1. The number of hydrogen-bond acceptors (Lipinski definition) is 5. The number of thiophene rings is 1. The molecule has 6 heteroatoms. The van der Waals surface area contributed by atoms with Gasteiger partial charge in [-0.3, -0.25) is 4.79 Å². The van der Waals surface area contributed by atoms with Crippen molar-refractivity contribution in [2.45, 2.75) is 6.92 Å². The van der Waals surface area contributed by atoms with Crippen molar-refractivity contribution in [1.29, 1.82) is 0 Å². The van der Waals surface area contributed by atoms with E-state index in [1.807, 2.05) is 66.2 Å². The molecule has 1 aromatic carbocycles. The first-order valence-electron chi connectivity index (χ1n) is 7.38. The molecule has 0 N–H and O–H groups in total. The fourth-order valence-electron chi connectivity index (χ4n) is 2.43. The second-order valence-corrected chi connectivity index (χ2v) is 7.07. The van der Waals surface area contributed by atoms with Crippen molar-refractivity contribution in [3.05, 3.63) is 63.7 Å². The predicted octanol–water partition coefficient (Wildman–Crippen LogP) is 4.68. The summed E-state index contributed by atoms with van der Waals surface area (Å²) in [5.74, 6) is -0.130. The van der Waals surface area contributed by atoms with Crippen molar-refractivity contribution in [3.8, 4) is 11.3 Å². The highest BCUT2D eigenvalue weighted by Gasteiger charge is 2.30. The van der Waals surface area contributed by atoms with Gasteiger partial charge in [-0.05, 0) is 24.4 Å². The largest absolute Gasteiger partial charge is 0.282 e. The van der Waals surface area contributed by atoms with Gasteiger partial charge in [-0.15, -0.1) is 22.7 Å². The summed E-state index contributed by atoms with van der Waals surface area (Å²) in [6, 6.07) is 13.9. The van der Waals surface area contributed by atoms with Crippen LogP contribution in [0.2, 0.25) is 0 Å². The van der Waals surface area contributed by atoms with Gasteiger partial charge in [0.2, 0.25) is 5.13 Å². The monoisotopic (exact) mass is 351 g/mol. The molecule has 4 rings (SSSR count). The lowest BCUT2D eigenvalue weighted by atomic mass is 10.1. The van der Waals surface area contributed by atoms with Gasteiger partial charge in [-0.2, -0.15) is 10.1 Å². The van der Waals surface area contributed by atoms with Gasteiger partial charge in [0.1, 0.15) is 0 Å². The minimum absolute atomic E-state index is 0.130. The second-order valence-electron chi connectivity index (χ2n) is 5.26. The lowest BCUT2D eigenvalue weighted by molar-refractivity contribution is -0.114. The molecule has 2 aromatic heterocycles. The van der Waals surface area contributed by atoms with E-state index >= 15 is 0 Å². The highest BCUT2D eigenvalue weighted by atomic mass is 32.1. The van der Waals surface area contributed by atoms with E-state index in [2.05, 4.69) is 10.1 Å². The fourth-order valence-corrected chi connectivity index (χ4v) is 3.87. The van der Waals surface area contributed by atoms with Crippen LogP contribution in [-0.4, -0.2) is 16.6 Å². The maximum atomic E-state index is 12.7. The van der Waals surface area contributed by atoms with Crippen molar-refractivity contribution in [2.24, 2.45) is 5.10 Å². The summed E-state index contributed by atoms with van der Waals surface area (Å²) in [5.41, 5.74) is 3.22. The molecule has 0 spiro atoms. The molecule has 4 nitrogen and oxygen atoms in total. The summed E-state index contributed by atoms with van der Waals surface area (Å²) in [6.45, 7) is 1.85. The van der Waals surface area contributed by atoms with Crippen LogP contribution in [0.5, 0.6) is 0 Å². The van der Waals surface area contributed by atoms with E-state index in [9.17, 15) is 4.79 Å². The van der Waals surface area contributed by atoms with Crippen molar-refractivity contribution in [2.75, 3.05) is 5.01 Å². The van der Waals surface area contributed by atoms with Crippen LogP contribution in [0.3, 0.4) is 0 Å². The molecule has 3 heterocycles. The van der Waals surface area contributed by atoms with E-state index in [0.29, 0.717) is 16.4 Å². The molecule has 0 saturated heterocycles. The van der Waals surface area contributed by atoms with Crippen LogP contribution in [0.15, 0.2) is 63.9 Å². The van der Waals surface area contributed by atoms with Crippen molar-refractivity contribution >= 4 is 45.5 Å². The second kappa shape index (κ2) is 6.14. The third kappa shape index (κ3) is 2.70. The Bertz CT molecular complexity index is 940. The minimum Gasteiger partial charge on any atom is -0.267 e. The zero-order valence-electron chi connectivity index (χ0n) is 12.8. The number of benzene rings is 1. The van der Waals surface area contributed by atoms with Crippen molar-refractivity contribution < 1.29 is 4.79 Å². The number of rotatable bonds is 3. The number of nitrogens with zero attached hydrogens (tertiary/aromatic N) is 3. The molecule has 0 aliphatic carbocycles. The first-order chi connectivity index (χ1) is 11.7. The van der Waals surface area contributed by atoms with Gasteiger partial charge in [0.15, 0.2) is 0 Å². The molecule has 118 valence electrons. The Morgan fingerprint density at radius 3 is 2.67 bits per heavy atom. The highest BCUT2D eigenvalue weighted by Crippen LogP contribution is 2.31. The Hall–Kier alpha value is -2.57. The number of anilines is 1. The summed E-state index contributed by atoms with van der Waals surface area (Å²) in [5, 5.41) is 10.3. The Morgan fingerprint density at radius 1 is 1.08 bits per heavy atom. The molecule has 1 amide bonds. The maximum Gasteiger partial charge on any atom is 0.282 e. The van der Waals surface area contributed by atoms with Crippen LogP contribution in [0.1, 0.15) is 11.8 Å². The van der Waals surface area contributed by atoms with E-state index in [1.54, 1.807) is 11.3 Å². The van der Waals surface area contributed by atoms with Crippen LogP contribution < -0.4 is 5.01 Å². The van der Waals surface area contributed by atoms with Crippen molar-refractivity contribution in [3.63, 3.8) is 0 Å². The summed E-state index contributed by atoms with van der Waals surface area (Å²) >= 11 is 3.02. The molecule has 0 saturated carbocycles. The highest BCUT2D eigenvalue weighted by molar-refractivity contribution is 7.14. The van der Waals surface area contributed by atoms with Crippen LogP contribution >= 0.6 is 22.7 Å². The molecule has 1 aliphatic heterocycles. The standard InChI is InChI=1S/C18H13N3OS2/c1-12-15(10-14-8-5-9-23-14)17(22)21(20-12)18-19-16(11-24-18)13-6-3-2-4-7-13/h2-11H,1H3. The number of aromatic nitrogens is 1. The molecule has 3 aromatic rings. The third-order valence-electron chi connectivity index (χ3n) is 3.64. The topological polar surface area (TPSA) is 45.6 Å². The summed E-state index contributed by atoms with van der Waals surface area (Å²) < 4.78 is 0. The number of hydrazone groups is 1. The molecule has 0 atom stereocenters. The maximum absolute atomic E-state index is 12.7. The van der Waals surface area contributed by atoms with E-state index < -0.39 is 0 Å². The Labute approximate surface area is 147 Å². The Morgan fingerprint density at radius 2 is 1.92 bits per heavy atom. The molecule has 24 heavy (non-hydrogen) atoms. The zero-order valence-corrected chi connectivity index (χ0v) is 14.5. The van der Waals surface area contributed by atoms with Gasteiger partial charge >= 0.3 is 0 Å². The molecule has 0 radical (unpaired) electrons. The molecule has 0 unspecified atom stereocenters. The lowest BCUT2D eigenvalue weighted by Gasteiger charge is -2.06. The molecule has 0 bridgehead atoms.